The molecule has 176 valence electrons. The highest BCUT2D eigenvalue weighted by atomic mass is 32.1. The fourth-order valence-electron chi connectivity index (χ4n) is 4.04. The van der Waals surface area contributed by atoms with E-state index in [0.717, 1.165) is 11.3 Å². The van der Waals surface area contributed by atoms with E-state index in [-0.39, 0.29) is 16.7 Å². The van der Waals surface area contributed by atoms with Gasteiger partial charge in [-0.25, -0.2) is 4.39 Å². The van der Waals surface area contributed by atoms with Crippen LogP contribution in [0.5, 0.6) is 0 Å². The maximum absolute atomic E-state index is 13.5. The molecule has 0 radical (unpaired) electrons. The average Bonchev–Trinajstić information content (AvgIpc) is 3.52. The Balaban J connectivity index is 1.39. The van der Waals surface area contributed by atoms with E-state index in [0.29, 0.717) is 33.3 Å². The monoisotopic (exact) mass is 498 g/mol. The summed E-state index contributed by atoms with van der Waals surface area (Å²) in [5.74, 6) is -0.995. The molecule has 0 saturated carbocycles. The van der Waals surface area contributed by atoms with Crippen molar-refractivity contribution >= 4 is 45.1 Å². The van der Waals surface area contributed by atoms with Gasteiger partial charge in [0, 0.05) is 29.2 Å². The zero-order valence-corrected chi connectivity index (χ0v) is 19.2. The maximum Gasteiger partial charge on any atom is 0.291 e. The lowest BCUT2D eigenvalue weighted by molar-refractivity contribution is -0.118. The minimum atomic E-state index is -0.473. The van der Waals surface area contributed by atoms with Crippen molar-refractivity contribution in [1.29, 1.82) is 0 Å². The van der Waals surface area contributed by atoms with Crippen LogP contribution < -0.4 is 20.3 Å². The number of carbonyl (C=O) groups is 2. The number of hydrogen-bond acceptors (Lipinski definition) is 7. The number of hydrogen-bond donors (Lipinski definition) is 1. The lowest BCUT2D eigenvalue weighted by atomic mass is 10.1. The van der Waals surface area contributed by atoms with E-state index in [9.17, 15) is 18.8 Å². The predicted molar refractivity (Wildman–Crippen MR) is 132 cm³/mol. The molecular formula is C25H15FN6O3S. The van der Waals surface area contributed by atoms with Crippen LogP contribution in [0.3, 0.4) is 0 Å². The molecule has 36 heavy (non-hydrogen) atoms. The van der Waals surface area contributed by atoms with Crippen LogP contribution >= 0.6 is 11.3 Å². The smallest absolute Gasteiger partial charge is 0.291 e. The maximum atomic E-state index is 13.5. The number of halogens is 1. The van der Waals surface area contributed by atoms with Crippen molar-refractivity contribution in [2.24, 2.45) is 0 Å². The second kappa shape index (κ2) is 8.47. The average molecular weight is 498 g/mol. The highest BCUT2D eigenvalue weighted by Gasteiger charge is 2.35. The number of benzene rings is 2. The molecule has 1 N–H and O–H groups in total. The van der Waals surface area contributed by atoms with Crippen LogP contribution in [-0.2, 0) is 9.59 Å². The van der Waals surface area contributed by atoms with Gasteiger partial charge in [0.2, 0.25) is 10.9 Å². The van der Waals surface area contributed by atoms with Crippen LogP contribution in [0.4, 0.5) is 15.8 Å². The first-order chi connectivity index (χ1) is 17.5. The number of nitrogens with zero attached hydrogens (tertiary/aromatic N) is 5. The third-order valence-electron chi connectivity index (χ3n) is 5.66. The van der Waals surface area contributed by atoms with Crippen LogP contribution in [0.25, 0.3) is 21.9 Å². The first-order valence-corrected chi connectivity index (χ1v) is 11.6. The summed E-state index contributed by atoms with van der Waals surface area (Å²) in [7, 11) is 0. The molecule has 0 unspecified atom stereocenters. The van der Waals surface area contributed by atoms with Crippen LogP contribution in [0, 0.1) is 5.82 Å². The summed E-state index contributed by atoms with van der Waals surface area (Å²) in [6.45, 7) is -0.281. The fraction of sp³-hybridized carbons (Fsp3) is 0.0400. The minimum Gasteiger partial charge on any atom is -0.325 e. The Kier molecular flexibility index (Phi) is 5.11. The van der Waals surface area contributed by atoms with Crippen molar-refractivity contribution in [2.75, 3.05) is 16.8 Å². The van der Waals surface area contributed by atoms with E-state index in [1.54, 1.807) is 48.8 Å². The van der Waals surface area contributed by atoms with Crippen LogP contribution in [0.2, 0.25) is 0 Å². The molecule has 9 nitrogen and oxygen atoms in total. The third-order valence-corrected chi connectivity index (χ3v) is 6.69. The number of rotatable bonds is 4. The van der Waals surface area contributed by atoms with Gasteiger partial charge in [0.15, 0.2) is 5.82 Å². The van der Waals surface area contributed by atoms with Gasteiger partial charge in [0.1, 0.15) is 16.9 Å². The van der Waals surface area contributed by atoms with Crippen molar-refractivity contribution in [2.45, 2.75) is 0 Å². The summed E-state index contributed by atoms with van der Waals surface area (Å²) >= 11 is 1.06. The van der Waals surface area contributed by atoms with Gasteiger partial charge >= 0.3 is 0 Å². The third kappa shape index (κ3) is 3.62. The molecule has 0 fully saturated rings. The van der Waals surface area contributed by atoms with E-state index >= 15 is 0 Å². The number of thiazole rings is 1. The Hall–Kier alpha value is -4.77. The molecule has 6 rings (SSSR count). The van der Waals surface area contributed by atoms with Gasteiger partial charge in [0.25, 0.3) is 11.5 Å². The molecule has 1 aliphatic heterocycles. The molecule has 0 spiro atoms. The quantitative estimate of drug-likeness (QED) is 0.407. The second-order valence-corrected chi connectivity index (χ2v) is 8.92. The molecule has 2 aromatic carbocycles. The number of carbonyl (C=O) groups excluding carboxylic acids is 2. The standard InChI is InChI=1S/C25H15FN6O3S/c26-15-7-9-16(10-8-15)28-19(33)13-31-18-6-2-1-5-17(18)20(23(31)34)21-24(35)32-25(36-21)29-22(30-32)14-4-3-11-27-12-14/h1-12H,13H2,(H,28,33)/b21-20-. The molecule has 0 saturated heterocycles. The zero-order chi connectivity index (χ0) is 24.8. The molecule has 1 aliphatic rings. The number of nitrogens with one attached hydrogen (secondary N) is 1. The van der Waals surface area contributed by atoms with E-state index in [4.69, 9.17) is 0 Å². The molecule has 5 aromatic rings. The lowest BCUT2D eigenvalue weighted by Crippen LogP contribution is -2.37. The molecule has 0 bridgehead atoms. The highest BCUT2D eigenvalue weighted by Crippen LogP contribution is 2.35. The minimum absolute atomic E-state index is 0.196. The number of aromatic nitrogens is 4. The predicted octanol–water partition coefficient (Wildman–Crippen LogP) is 2.26. The first kappa shape index (κ1) is 21.7. The summed E-state index contributed by atoms with van der Waals surface area (Å²) < 4.78 is 14.5. The molecule has 2 amide bonds. The lowest BCUT2D eigenvalue weighted by Gasteiger charge is -2.16. The van der Waals surface area contributed by atoms with Crippen molar-refractivity contribution in [3.8, 4) is 11.4 Å². The number of pyridine rings is 1. The number of para-hydroxylation sites is 1. The number of fused-ring (bicyclic) bond motifs is 2. The van der Waals surface area contributed by atoms with Gasteiger partial charge in [-0.05, 0) is 42.5 Å². The Morgan fingerprint density at radius 3 is 2.58 bits per heavy atom. The molecule has 4 heterocycles. The Morgan fingerprint density at radius 2 is 1.83 bits per heavy atom. The van der Waals surface area contributed by atoms with Gasteiger partial charge in [-0.2, -0.15) is 9.50 Å². The van der Waals surface area contributed by atoms with Crippen molar-refractivity contribution < 1.29 is 14.0 Å². The SMILES string of the molecule is O=C(CN1C(=O)/C(=c2\sc3nc(-c4cccnc4)nn3c2=O)c2ccccc21)Nc1ccc(F)cc1. The topological polar surface area (TPSA) is 110 Å². The normalized spacial score (nSPS) is 14.4. The summed E-state index contributed by atoms with van der Waals surface area (Å²) in [6, 6.07) is 15.8. The van der Waals surface area contributed by atoms with Gasteiger partial charge in [-0.3, -0.25) is 24.3 Å². The molecular weight excluding hydrogens is 483 g/mol. The highest BCUT2D eigenvalue weighted by molar-refractivity contribution is 7.15. The van der Waals surface area contributed by atoms with Gasteiger partial charge in [-0.1, -0.05) is 29.5 Å². The zero-order valence-electron chi connectivity index (χ0n) is 18.4. The molecule has 3 aromatic heterocycles. The molecule has 0 atom stereocenters. The Bertz CT molecular complexity index is 1770. The first-order valence-electron chi connectivity index (χ1n) is 10.8. The number of anilines is 2. The van der Waals surface area contributed by atoms with Crippen LogP contribution in [0.15, 0.2) is 77.9 Å². The summed E-state index contributed by atoms with van der Waals surface area (Å²) in [5, 5.41) is 6.97. The summed E-state index contributed by atoms with van der Waals surface area (Å²) in [4.78, 5) is 49.6. The number of amides is 2. The Morgan fingerprint density at radius 1 is 1.03 bits per heavy atom. The molecule has 0 aliphatic carbocycles. The van der Waals surface area contributed by atoms with Crippen molar-refractivity contribution in [3.63, 3.8) is 0 Å². The Labute approximate surface area is 206 Å². The summed E-state index contributed by atoms with van der Waals surface area (Å²) in [5.41, 5.74) is 1.87. The molecule has 11 heteroatoms. The van der Waals surface area contributed by atoms with Crippen LogP contribution in [0.1, 0.15) is 5.56 Å². The second-order valence-electron chi connectivity index (χ2n) is 7.95. The van der Waals surface area contributed by atoms with Gasteiger partial charge in [0.05, 0.1) is 11.3 Å². The van der Waals surface area contributed by atoms with Crippen molar-refractivity contribution in [1.82, 2.24) is 19.6 Å². The van der Waals surface area contributed by atoms with Gasteiger partial charge < -0.3 is 5.32 Å². The largest absolute Gasteiger partial charge is 0.325 e. The van der Waals surface area contributed by atoms with E-state index < -0.39 is 23.2 Å². The van der Waals surface area contributed by atoms with E-state index in [1.807, 2.05) is 0 Å². The van der Waals surface area contributed by atoms with E-state index in [2.05, 4.69) is 20.4 Å². The van der Waals surface area contributed by atoms with Crippen LogP contribution in [-0.4, -0.2) is 37.9 Å². The van der Waals surface area contributed by atoms with Gasteiger partial charge in [-0.15, -0.1) is 5.10 Å². The van der Waals surface area contributed by atoms with E-state index in [1.165, 1.54) is 33.7 Å². The van der Waals surface area contributed by atoms with Crippen molar-refractivity contribution in [3.05, 3.63) is 99.3 Å². The summed E-state index contributed by atoms with van der Waals surface area (Å²) in [6.07, 6.45) is 3.23. The fourth-order valence-corrected chi connectivity index (χ4v) is 5.03.